The number of ether oxygens (including phenoxy) is 1. The van der Waals surface area contributed by atoms with Gasteiger partial charge in [0.25, 0.3) is 0 Å². The molecule has 3 heteroatoms. The van der Waals surface area contributed by atoms with Crippen LogP contribution in [0.25, 0.3) is 26.9 Å². The number of benzene rings is 3. The van der Waals surface area contributed by atoms with Gasteiger partial charge in [-0.2, -0.15) is 0 Å². The largest absolute Gasteiger partial charge is 0.489 e. The fraction of sp³-hybridized carbons (Fsp3) is 0.0455. The molecule has 1 aromatic heterocycles. The third kappa shape index (κ3) is 3.47. The van der Waals surface area contributed by atoms with Crippen molar-refractivity contribution < 1.29 is 4.74 Å². The molecule has 0 bridgehead atoms. The molecule has 1 heterocycles. The fourth-order valence-electron chi connectivity index (χ4n) is 2.61. The molecule has 4 rings (SSSR count). The third-order valence-corrected chi connectivity index (χ3v) is 5.10. The number of nitrogens with zero attached hydrogens (tertiary/aromatic N) is 1. The van der Waals surface area contributed by atoms with E-state index >= 15 is 0 Å². The van der Waals surface area contributed by atoms with E-state index in [-0.39, 0.29) is 0 Å². The Bertz CT molecular complexity index is 967. The predicted molar refractivity (Wildman–Crippen MR) is 106 cm³/mol. The van der Waals surface area contributed by atoms with E-state index in [1.165, 1.54) is 4.70 Å². The van der Waals surface area contributed by atoms with E-state index in [1.807, 2.05) is 48.5 Å². The van der Waals surface area contributed by atoms with Crippen molar-refractivity contribution in [2.45, 2.75) is 6.61 Å². The van der Waals surface area contributed by atoms with E-state index < -0.39 is 0 Å². The average Bonchev–Trinajstić information content (AvgIpc) is 3.11. The Labute approximate surface area is 151 Å². The number of rotatable bonds is 5. The molecule has 0 saturated carbocycles. The highest BCUT2D eigenvalue weighted by Gasteiger charge is 2.06. The number of thiazole rings is 1. The molecule has 0 aliphatic rings. The molecular weight excluding hydrogens is 326 g/mol. The minimum atomic E-state index is 0.553. The van der Waals surface area contributed by atoms with Crippen LogP contribution in [-0.4, -0.2) is 4.98 Å². The second-order valence-corrected chi connectivity index (χ2v) is 6.78. The smallest absolute Gasteiger partial charge is 0.124 e. The molecule has 0 saturated heterocycles. The highest BCUT2D eigenvalue weighted by Crippen LogP contribution is 2.30. The lowest BCUT2D eigenvalue weighted by Crippen LogP contribution is -1.95. The van der Waals surface area contributed by atoms with Gasteiger partial charge in [0.1, 0.15) is 17.4 Å². The molecule has 0 aliphatic carbocycles. The van der Waals surface area contributed by atoms with Gasteiger partial charge in [-0.1, -0.05) is 49.1 Å². The Hall–Kier alpha value is -2.91. The van der Waals surface area contributed by atoms with Gasteiger partial charge in [0.15, 0.2) is 0 Å². The summed E-state index contributed by atoms with van der Waals surface area (Å²) in [6, 6.07) is 24.5. The van der Waals surface area contributed by atoms with Crippen molar-refractivity contribution in [3.05, 3.63) is 90.5 Å². The minimum Gasteiger partial charge on any atom is -0.489 e. The summed E-state index contributed by atoms with van der Waals surface area (Å²) >= 11 is 1.71. The molecule has 0 atom stereocenters. The maximum atomic E-state index is 5.87. The zero-order valence-corrected chi connectivity index (χ0v) is 14.5. The summed E-state index contributed by atoms with van der Waals surface area (Å²) in [5.41, 5.74) is 4.42. The summed E-state index contributed by atoms with van der Waals surface area (Å²) in [5.74, 6) is 0.859. The van der Waals surface area contributed by atoms with Crippen molar-refractivity contribution in [3.8, 4) is 16.3 Å². The van der Waals surface area contributed by atoms with Crippen LogP contribution in [0.3, 0.4) is 0 Å². The Morgan fingerprint density at radius 3 is 2.40 bits per heavy atom. The van der Waals surface area contributed by atoms with Crippen molar-refractivity contribution in [3.63, 3.8) is 0 Å². The van der Waals surface area contributed by atoms with Crippen molar-refractivity contribution >= 4 is 27.6 Å². The molecular formula is C22H17NOS. The van der Waals surface area contributed by atoms with Crippen molar-refractivity contribution in [1.82, 2.24) is 4.98 Å². The van der Waals surface area contributed by atoms with Gasteiger partial charge < -0.3 is 4.74 Å². The third-order valence-electron chi connectivity index (χ3n) is 4.02. The molecule has 3 aromatic carbocycles. The Morgan fingerprint density at radius 2 is 1.68 bits per heavy atom. The molecule has 25 heavy (non-hydrogen) atoms. The first-order chi connectivity index (χ1) is 12.3. The number of fused-ring (bicyclic) bond motifs is 1. The van der Waals surface area contributed by atoms with Crippen LogP contribution < -0.4 is 4.74 Å². The van der Waals surface area contributed by atoms with Gasteiger partial charge in [0, 0.05) is 5.56 Å². The summed E-state index contributed by atoms with van der Waals surface area (Å²) in [5, 5.41) is 1.03. The summed E-state index contributed by atoms with van der Waals surface area (Å²) in [4.78, 5) is 4.69. The van der Waals surface area contributed by atoms with Crippen LogP contribution in [0.2, 0.25) is 0 Å². The van der Waals surface area contributed by atoms with Crippen molar-refractivity contribution in [1.29, 1.82) is 0 Å². The lowest BCUT2D eigenvalue weighted by Gasteiger charge is -2.07. The summed E-state index contributed by atoms with van der Waals surface area (Å²) in [6.45, 7) is 4.32. The number of hydrogen-bond donors (Lipinski definition) is 0. The van der Waals surface area contributed by atoms with Crippen LogP contribution in [0.4, 0.5) is 0 Å². The second kappa shape index (κ2) is 6.91. The summed E-state index contributed by atoms with van der Waals surface area (Å²) < 4.78 is 7.08. The van der Waals surface area contributed by atoms with Crippen molar-refractivity contribution in [2.24, 2.45) is 0 Å². The van der Waals surface area contributed by atoms with Gasteiger partial charge in [0.2, 0.25) is 0 Å². The van der Waals surface area contributed by atoms with E-state index in [1.54, 1.807) is 11.3 Å². The molecule has 0 spiro atoms. The molecule has 0 radical (unpaired) electrons. The summed E-state index contributed by atoms with van der Waals surface area (Å²) in [6.07, 6.45) is 1.84. The zero-order valence-electron chi connectivity index (χ0n) is 13.7. The average molecular weight is 343 g/mol. The van der Waals surface area contributed by atoms with E-state index in [0.717, 1.165) is 33.0 Å². The van der Waals surface area contributed by atoms with Gasteiger partial charge in [0.05, 0.1) is 10.2 Å². The Morgan fingerprint density at radius 1 is 0.920 bits per heavy atom. The first-order valence-electron chi connectivity index (χ1n) is 8.12. The van der Waals surface area contributed by atoms with Crippen LogP contribution in [0.1, 0.15) is 11.1 Å². The molecule has 0 unspecified atom stereocenters. The number of hydrogen-bond acceptors (Lipinski definition) is 3. The van der Waals surface area contributed by atoms with E-state index in [0.29, 0.717) is 6.61 Å². The maximum Gasteiger partial charge on any atom is 0.124 e. The quantitative estimate of drug-likeness (QED) is 0.431. The van der Waals surface area contributed by atoms with Gasteiger partial charge in [-0.15, -0.1) is 11.3 Å². The van der Waals surface area contributed by atoms with E-state index in [2.05, 4.69) is 36.9 Å². The fourth-order valence-corrected chi connectivity index (χ4v) is 3.58. The van der Waals surface area contributed by atoms with Crippen LogP contribution in [-0.2, 0) is 6.61 Å². The molecule has 2 nitrogen and oxygen atoms in total. The van der Waals surface area contributed by atoms with Crippen molar-refractivity contribution in [2.75, 3.05) is 0 Å². The highest BCUT2D eigenvalue weighted by atomic mass is 32.1. The number of para-hydroxylation sites is 1. The first-order valence-corrected chi connectivity index (χ1v) is 8.94. The molecule has 0 amide bonds. The van der Waals surface area contributed by atoms with Gasteiger partial charge in [-0.25, -0.2) is 4.98 Å². The molecule has 0 aliphatic heterocycles. The Balaban J connectivity index is 1.46. The Kier molecular flexibility index (Phi) is 4.32. The normalized spacial score (nSPS) is 10.7. The van der Waals surface area contributed by atoms with Crippen LogP contribution >= 0.6 is 11.3 Å². The first kappa shape index (κ1) is 15.6. The van der Waals surface area contributed by atoms with Gasteiger partial charge in [-0.3, -0.25) is 0 Å². The van der Waals surface area contributed by atoms with E-state index in [9.17, 15) is 0 Å². The van der Waals surface area contributed by atoms with Crippen LogP contribution in [0.5, 0.6) is 5.75 Å². The highest BCUT2D eigenvalue weighted by molar-refractivity contribution is 7.21. The summed E-state index contributed by atoms with van der Waals surface area (Å²) in [7, 11) is 0. The van der Waals surface area contributed by atoms with Gasteiger partial charge in [-0.05, 0) is 47.5 Å². The van der Waals surface area contributed by atoms with Crippen LogP contribution in [0.15, 0.2) is 79.4 Å². The molecule has 0 fully saturated rings. The lowest BCUT2D eigenvalue weighted by atomic mass is 10.1. The topological polar surface area (TPSA) is 22.1 Å². The molecule has 0 N–H and O–H groups in total. The standard InChI is InChI=1S/C22H17NOS/c1-2-16-7-9-17(10-8-16)15-24-19-13-11-18(12-14-19)22-23-20-5-3-4-6-21(20)25-22/h2-14H,1,15H2. The zero-order chi connectivity index (χ0) is 17.1. The predicted octanol–water partition coefficient (Wildman–Crippen LogP) is 6.19. The maximum absolute atomic E-state index is 5.87. The molecule has 4 aromatic rings. The lowest BCUT2D eigenvalue weighted by molar-refractivity contribution is 0.306. The van der Waals surface area contributed by atoms with Crippen LogP contribution in [0, 0.1) is 0 Å². The van der Waals surface area contributed by atoms with Gasteiger partial charge >= 0.3 is 0 Å². The second-order valence-electron chi connectivity index (χ2n) is 5.75. The monoisotopic (exact) mass is 343 g/mol. The van der Waals surface area contributed by atoms with E-state index in [4.69, 9.17) is 9.72 Å². The number of aromatic nitrogens is 1. The SMILES string of the molecule is C=Cc1ccc(COc2ccc(-c3nc4ccccc4s3)cc2)cc1. The molecule has 122 valence electrons. The minimum absolute atomic E-state index is 0.553.